The van der Waals surface area contributed by atoms with Crippen molar-refractivity contribution in [3.8, 4) is 0 Å². The highest BCUT2D eigenvalue weighted by Gasteiger charge is 2.44. The fourth-order valence-corrected chi connectivity index (χ4v) is 5.52. The lowest BCUT2D eigenvalue weighted by atomic mass is 9.99. The minimum Gasteiger partial charge on any atom is -0.378 e. The van der Waals surface area contributed by atoms with Gasteiger partial charge in [-0.25, -0.2) is 8.42 Å². The van der Waals surface area contributed by atoms with Crippen molar-refractivity contribution in [2.45, 2.75) is 50.4 Å². The number of anilines is 1. The van der Waals surface area contributed by atoms with Crippen molar-refractivity contribution in [2.75, 3.05) is 25.3 Å². The molecule has 0 amide bonds. The lowest BCUT2D eigenvalue weighted by Gasteiger charge is -2.37. The second kappa shape index (κ2) is 6.42. The van der Waals surface area contributed by atoms with E-state index in [1.165, 1.54) is 17.5 Å². The summed E-state index contributed by atoms with van der Waals surface area (Å²) in [6.07, 6.45) is 5.21. The highest BCUT2D eigenvalue weighted by atomic mass is 32.2. The topological polar surface area (TPSA) is 52.6 Å². The van der Waals surface area contributed by atoms with Crippen molar-refractivity contribution in [1.29, 1.82) is 0 Å². The summed E-state index contributed by atoms with van der Waals surface area (Å²) in [5.41, 5.74) is 2.48. The third kappa shape index (κ3) is 3.70. The van der Waals surface area contributed by atoms with Crippen LogP contribution >= 0.6 is 0 Å². The standard InChI is InChI=1S/C17H27N3O2S/c1-19(2)15-6-4-5-13(9-15)12-18-14-10-16-7-8-17(11-14)20(16)23(3,21)22/h4-6,9,14,16-18H,7-8,10-12H2,1-3H3. The van der Waals surface area contributed by atoms with Gasteiger partial charge < -0.3 is 10.2 Å². The predicted octanol–water partition coefficient (Wildman–Crippen LogP) is 1.80. The van der Waals surface area contributed by atoms with E-state index in [9.17, 15) is 8.42 Å². The largest absolute Gasteiger partial charge is 0.378 e. The highest BCUT2D eigenvalue weighted by Crippen LogP contribution is 2.37. The van der Waals surface area contributed by atoms with E-state index in [1.54, 1.807) is 4.31 Å². The van der Waals surface area contributed by atoms with Crippen molar-refractivity contribution in [1.82, 2.24) is 9.62 Å². The number of benzene rings is 1. The number of hydrogen-bond acceptors (Lipinski definition) is 4. The Labute approximate surface area is 139 Å². The van der Waals surface area contributed by atoms with E-state index in [0.29, 0.717) is 6.04 Å². The average Bonchev–Trinajstić information content (AvgIpc) is 2.78. The number of piperidine rings is 1. The molecule has 2 aliphatic heterocycles. The number of nitrogens with zero attached hydrogens (tertiary/aromatic N) is 2. The predicted molar refractivity (Wildman–Crippen MR) is 94.1 cm³/mol. The number of rotatable bonds is 5. The summed E-state index contributed by atoms with van der Waals surface area (Å²) >= 11 is 0. The zero-order valence-corrected chi connectivity index (χ0v) is 15.0. The molecule has 23 heavy (non-hydrogen) atoms. The molecule has 0 radical (unpaired) electrons. The number of nitrogens with one attached hydrogen (secondary N) is 1. The molecule has 2 atom stereocenters. The van der Waals surface area contributed by atoms with Gasteiger partial charge in [0.2, 0.25) is 10.0 Å². The van der Waals surface area contributed by atoms with Crippen molar-refractivity contribution in [3.05, 3.63) is 29.8 Å². The van der Waals surface area contributed by atoms with E-state index < -0.39 is 10.0 Å². The van der Waals surface area contributed by atoms with Gasteiger partial charge in [0.1, 0.15) is 0 Å². The van der Waals surface area contributed by atoms with Crippen LogP contribution in [0, 0.1) is 0 Å². The Bertz CT molecular complexity index is 646. The van der Waals surface area contributed by atoms with Crippen LogP contribution < -0.4 is 10.2 Å². The molecule has 1 N–H and O–H groups in total. The highest BCUT2D eigenvalue weighted by molar-refractivity contribution is 7.88. The van der Waals surface area contributed by atoms with Crippen LogP contribution in [-0.4, -0.2) is 51.2 Å². The summed E-state index contributed by atoms with van der Waals surface area (Å²) in [4.78, 5) is 2.11. The number of hydrogen-bond donors (Lipinski definition) is 1. The van der Waals surface area contributed by atoms with Crippen molar-refractivity contribution in [3.63, 3.8) is 0 Å². The minimum atomic E-state index is -3.07. The Morgan fingerprint density at radius 3 is 2.43 bits per heavy atom. The normalized spacial score (nSPS) is 28.0. The molecule has 5 nitrogen and oxygen atoms in total. The Hall–Kier alpha value is -1.11. The van der Waals surface area contributed by atoms with E-state index in [1.807, 2.05) is 14.1 Å². The van der Waals surface area contributed by atoms with Crippen LogP contribution in [0.25, 0.3) is 0 Å². The summed E-state index contributed by atoms with van der Waals surface area (Å²) in [6.45, 7) is 0.838. The zero-order chi connectivity index (χ0) is 16.6. The Balaban J connectivity index is 1.60. The molecule has 2 unspecified atom stereocenters. The second-order valence-corrected chi connectivity index (χ2v) is 8.98. The maximum Gasteiger partial charge on any atom is 0.211 e. The summed E-state index contributed by atoms with van der Waals surface area (Å²) in [5, 5.41) is 3.64. The maximum atomic E-state index is 11.9. The maximum absolute atomic E-state index is 11.9. The Morgan fingerprint density at radius 2 is 1.87 bits per heavy atom. The molecule has 2 saturated heterocycles. The van der Waals surface area contributed by atoms with Gasteiger partial charge in [-0.05, 0) is 43.4 Å². The molecular weight excluding hydrogens is 310 g/mol. The minimum absolute atomic E-state index is 0.189. The fraction of sp³-hybridized carbons (Fsp3) is 0.647. The Kier molecular flexibility index (Phi) is 4.67. The molecule has 0 saturated carbocycles. The summed E-state index contributed by atoms with van der Waals surface area (Å²) in [5.74, 6) is 0. The molecule has 6 heteroatoms. The first-order valence-electron chi connectivity index (χ1n) is 8.33. The van der Waals surface area contributed by atoms with E-state index in [2.05, 4.69) is 34.5 Å². The first-order valence-corrected chi connectivity index (χ1v) is 10.2. The molecule has 2 bridgehead atoms. The molecule has 2 fully saturated rings. The van der Waals surface area contributed by atoms with Gasteiger partial charge in [0.15, 0.2) is 0 Å². The van der Waals surface area contributed by atoms with Crippen LogP contribution in [0.4, 0.5) is 5.69 Å². The number of fused-ring (bicyclic) bond motifs is 2. The zero-order valence-electron chi connectivity index (χ0n) is 14.2. The van der Waals surface area contributed by atoms with E-state index in [0.717, 1.165) is 32.2 Å². The monoisotopic (exact) mass is 337 g/mol. The van der Waals surface area contributed by atoms with Gasteiger partial charge in [-0.1, -0.05) is 12.1 Å². The van der Waals surface area contributed by atoms with Crippen molar-refractivity contribution in [2.24, 2.45) is 0 Å². The van der Waals surface area contributed by atoms with Gasteiger partial charge in [-0.2, -0.15) is 4.31 Å². The summed E-state index contributed by atoms with van der Waals surface area (Å²) in [7, 11) is 1.03. The molecule has 128 valence electrons. The molecule has 0 aromatic heterocycles. The molecule has 1 aromatic rings. The fourth-order valence-electron chi connectivity index (χ4n) is 4.05. The Morgan fingerprint density at radius 1 is 1.22 bits per heavy atom. The van der Waals surface area contributed by atoms with Crippen molar-refractivity contribution >= 4 is 15.7 Å². The van der Waals surface area contributed by atoms with Crippen LogP contribution in [0.1, 0.15) is 31.2 Å². The van der Waals surface area contributed by atoms with Gasteiger partial charge in [0, 0.05) is 44.5 Å². The van der Waals surface area contributed by atoms with Crippen molar-refractivity contribution < 1.29 is 8.42 Å². The lowest BCUT2D eigenvalue weighted by Crippen LogP contribution is -2.50. The van der Waals surface area contributed by atoms with Crippen LogP contribution in [0.2, 0.25) is 0 Å². The lowest BCUT2D eigenvalue weighted by molar-refractivity contribution is 0.207. The second-order valence-electron chi connectivity index (χ2n) is 7.09. The molecule has 0 spiro atoms. The SMILES string of the molecule is CN(C)c1cccc(CNC2CC3CCC(C2)N3S(C)(=O)=O)c1. The first kappa shape index (κ1) is 16.7. The van der Waals surface area contributed by atoms with Crippen LogP contribution in [0.5, 0.6) is 0 Å². The van der Waals surface area contributed by atoms with Gasteiger partial charge in [-0.15, -0.1) is 0 Å². The molecule has 3 rings (SSSR count). The smallest absolute Gasteiger partial charge is 0.211 e. The van der Waals surface area contributed by atoms with E-state index in [4.69, 9.17) is 0 Å². The average molecular weight is 337 g/mol. The summed E-state index contributed by atoms with van der Waals surface area (Å²) in [6, 6.07) is 9.32. The van der Waals surface area contributed by atoms with E-state index >= 15 is 0 Å². The third-order valence-electron chi connectivity index (χ3n) is 5.07. The molecule has 2 heterocycles. The van der Waals surface area contributed by atoms with Gasteiger partial charge in [-0.3, -0.25) is 0 Å². The molecular formula is C17H27N3O2S. The van der Waals surface area contributed by atoms with Crippen LogP contribution in [0.15, 0.2) is 24.3 Å². The van der Waals surface area contributed by atoms with Gasteiger partial charge in [0.05, 0.1) is 6.26 Å². The third-order valence-corrected chi connectivity index (χ3v) is 6.43. The van der Waals surface area contributed by atoms with Gasteiger partial charge >= 0.3 is 0 Å². The molecule has 0 aliphatic carbocycles. The first-order chi connectivity index (χ1) is 10.8. The van der Waals surface area contributed by atoms with E-state index in [-0.39, 0.29) is 12.1 Å². The quantitative estimate of drug-likeness (QED) is 0.890. The van der Waals surface area contributed by atoms with Gasteiger partial charge in [0.25, 0.3) is 0 Å². The summed E-state index contributed by atoms with van der Waals surface area (Å²) < 4.78 is 25.6. The molecule has 2 aliphatic rings. The van der Waals surface area contributed by atoms with Crippen LogP contribution in [0.3, 0.4) is 0 Å². The molecule has 1 aromatic carbocycles. The number of sulfonamides is 1. The van der Waals surface area contributed by atoms with Crippen LogP contribution in [-0.2, 0) is 16.6 Å².